The van der Waals surface area contributed by atoms with Gasteiger partial charge in [0.2, 0.25) is 11.8 Å². The van der Waals surface area contributed by atoms with Crippen LogP contribution in [0.4, 0.5) is 0 Å². The summed E-state index contributed by atoms with van der Waals surface area (Å²) in [6.07, 6.45) is 5.15. The van der Waals surface area contributed by atoms with Crippen molar-refractivity contribution < 1.29 is 24.9 Å². The van der Waals surface area contributed by atoms with E-state index in [-0.39, 0.29) is 24.2 Å². The average molecular weight is 506 g/mol. The van der Waals surface area contributed by atoms with E-state index in [9.17, 15) is 24.9 Å². The van der Waals surface area contributed by atoms with Crippen LogP contribution in [0.25, 0.3) is 16.8 Å². The fourth-order valence-corrected chi connectivity index (χ4v) is 6.29. The molecule has 2 aromatic rings. The van der Waals surface area contributed by atoms with E-state index in [1.54, 1.807) is 6.07 Å². The Labute approximate surface area is 219 Å². The number of aliphatic hydroxyl groups is 2. The van der Waals surface area contributed by atoms with Crippen LogP contribution in [-0.2, 0) is 9.59 Å². The standard InChI is InChI=1S/C31H39NO5/c1-4-15-32-30(36)24-17-20(6-3)28(25(18-33)29(24)31(32)37)27(35)13-11-19(5-2)16-21-12-14-26(34)23-10-8-7-9-22(21)23/h7-10,12,14,16,24-25,27,29,33-35H,4-6,11,13,15,17-18H2,1-3H3/b19-16+/t24-,25+,27-,29-/m1/s1. The molecule has 2 aliphatic rings. The lowest BCUT2D eigenvalue weighted by Crippen LogP contribution is -2.39. The highest BCUT2D eigenvalue weighted by molar-refractivity contribution is 6.05. The molecular weight excluding hydrogens is 466 g/mol. The van der Waals surface area contributed by atoms with Gasteiger partial charge in [-0.3, -0.25) is 14.5 Å². The lowest BCUT2D eigenvalue weighted by Gasteiger charge is -2.36. The van der Waals surface area contributed by atoms with Crippen molar-refractivity contribution in [3.05, 3.63) is 58.7 Å². The lowest BCUT2D eigenvalue weighted by atomic mass is 9.67. The fraction of sp³-hybridized carbons (Fsp3) is 0.484. The van der Waals surface area contributed by atoms with Gasteiger partial charge < -0.3 is 15.3 Å². The smallest absolute Gasteiger partial charge is 0.233 e. The van der Waals surface area contributed by atoms with E-state index >= 15 is 0 Å². The second-order valence-corrected chi connectivity index (χ2v) is 10.3. The number of carbonyl (C=O) groups excluding carboxylic acids is 2. The van der Waals surface area contributed by atoms with Crippen molar-refractivity contribution in [2.24, 2.45) is 17.8 Å². The summed E-state index contributed by atoms with van der Waals surface area (Å²) in [4.78, 5) is 27.5. The maximum atomic E-state index is 13.2. The van der Waals surface area contributed by atoms with Gasteiger partial charge in [0.15, 0.2) is 0 Å². The van der Waals surface area contributed by atoms with Crippen molar-refractivity contribution >= 4 is 28.7 Å². The summed E-state index contributed by atoms with van der Waals surface area (Å²) in [7, 11) is 0. The molecule has 1 aliphatic heterocycles. The van der Waals surface area contributed by atoms with Crippen LogP contribution in [0.3, 0.4) is 0 Å². The zero-order chi connectivity index (χ0) is 26.7. The molecule has 6 heteroatoms. The van der Waals surface area contributed by atoms with E-state index in [2.05, 4.69) is 13.0 Å². The van der Waals surface area contributed by atoms with Crippen molar-refractivity contribution in [1.82, 2.24) is 4.90 Å². The van der Waals surface area contributed by atoms with Gasteiger partial charge in [-0.1, -0.05) is 68.3 Å². The maximum absolute atomic E-state index is 13.2. The molecule has 1 fully saturated rings. The minimum atomic E-state index is -0.789. The van der Waals surface area contributed by atoms with Crippen molar-refractivity contribution in [3.63, 3.8) is 0 Å². The molecule has 4 atom stereocenters. The monoisotopic (exact) mass is 505 g/mol. The van der Waals surface area contributed by atoms with Crippen LogP contribution in [0.2, 0.25) is 0 Å². The van der Waals surface area contributed by atoms with Crippen molar-refractivity contribution in [2.75, 3.05) is 13.2 Å². The molecule has 0 bridgehead atoms. The van der Waals surface area contributed by atoms with Crippen LogP contribution >= 0.6 is 0 Å². The summed E-state index contributed by atoms with van der Waals surface area (Å²) in [5, 5.41) is 33.8. The minimum absolute atomic E-state index is 0.132. The third-order valence-electron chi connectivity index (χ3n) is 8.19. The second kappa shape index (κ2) is 11.6. The Morgan fingerprint density at radius 2 is 1.81 bits per heavy atom. The summed E-state index contributed by atoms with van der Waals surface area (Å²) < 4.78 is 0. The van der Waals surface area contributed by atoms with E-state index in [4.69, 9.17) is 0 Å². The van der Waals surface area contributed by atoms with E-state index in [1.165, 1.54) is 10.5 Å². The van der Waals surface area contributed by atoms with E-state index in [0.717, 1.165) is 33.9 Å². The molecule has 2 aromatic carbocycles. The number of allylic oxidation sites excluding steroid dienone is 2. The van der Waals surface area contributed by atoms with Crippen molar-refractivity contribution in [3.8, 4) is 5.75 Å². The topological polar surface area (TPSA) is 98.1 Å². The summed E-state index contributed by atoms with van der Waals surface area (Å²) in [6.45, 7) is 6.18. The van der Waals surface area contributed by atoms with Crippen LogP contribution in [0, 0.1) is 17.8 Å². The fourth-order valence-electron chi connectivity index (χ4n) is 6.29. The van der Waals surface area contributed by atoms with Gasteiger partial charge in [-0.05, 0) is 61.1 Å². The largest absolute Gasteiger partial charge is 0.507 e. The SMILES string of the molecule is CCCN1C(=O)[C@@H]2[C@@H](CC(CC)=C([C@H](O)CC/C(=C/c3ccc(O)c4ccccc34)CC)[C@@H]2CO)C1=O. The molecule has 6 nitrogen and oxygen atoms in total. The Balaban J connectivity index is 1.58. The Morgan fingerprint density at radius 1 is 1.08 bits per heavy atom. The highest BCUT2D eigenvalue weighted by Gasteiger charge is 2.54. The normalized spacial score (nSPS) is 23.2. The van der Waals surface area contributed by atoms with E-state index < -0.39 is 23.9 Å². The van der Waals surface area contributed by atoms with Crippen LogP contribution < -0.4 is 0 Å². The molecule has 3 N–H and O–H groups in total. The highest BCUT2D eigenvalue weighted by atomic mass is 16.3. The number of phenols is 1. The molecule has 0 unspecified atom stereocenters. The number of rotatable bonds is 10. The van der Waals surface area contributed by atoms with Crippen molar-refractivity contribution in [2.45, 2.75) is 65.4 Å². The number of aliphatic hydroxyl groups excluding tert-OH is 2. The molecule has 2 amide bonds. The molecule has 1 saturated heterocycles. The zero-order valence-corrected chi connectivity index (χ0v) is 22.1. The Hall–Kier alpha value is -2.96. The lowest BCUT2D eigenvalue weighted by molar-refractivity contribution is -0.140. The molecule has 0 saturated carbocycles. The Morgan fingerprint density at radius 3 is 2.46 bits per heavy atom. The second-order valence-electron chi connectivity index (χ2n) is 10.3. The van der Waals surface area contributed by atoms with Crippen LogP contribution in [0.1, 0.15) is 64.9 Å². The number of imide groups is 1. The first kappa shape index (κ1) is 27.1. The van der Waals surface area contributed by atoms with Crippen LogP contribution in [0.5, 0.6) is 5.75 Å². The van der Waals surface area contributed by atoms with Gasteiger partial charge in [-0.15, -0.1) is 0 Å². The molecule has 1 aliphatic carbocycles. The van der Waals surface area contributed by atoms with Gasteiger partial charge in [0, 0.05) is 17.8 Å². The Kier molecular flexibility index (Phi) is 8.50. The summed E-state index contributed by atoms with van der Waals surface area (Å²) in [5.74, 6) is -1.64. The quantitative estimate of drug-likeness (QED) is 0.304. The molecule has 4 rings (SSSR count). The molecular formula is C31H39NO5. The molecule has 37 heavy (non-hydrogen) atoms. The number of benzene rings is 2. The molecule has 0 radical (unpaired) electrons. The predicted molar refractivity (Wildman–Crippen MR) is 146 cm³/mol. The molecule has 0 aromatic heterocycles. The van der Waals surface area contributed by atoms with E-state index in [0.29, 0.717) is 38.6 Å². The molecule has 0 spiro atoms. The van der Waals surface area contributed by atoms with Gasteiger partial charge in [0.1, 0.15) is 5.75 Å². The number of phenolic OH excluding ortho intramolecular Hbond substituents is 1. The van der Waals surface area contributed by atoms with Crippen molar-refractivity contribution in [1.29, 1.82) is 0 Å². The Bertz CT molecular complexity index is 1230. The minimum Gasteiger partial charge on any atom is -0.507 e. The summed E-state index contributed by atoms with van der Waals surface area (Å²) >= 11 is 0. The van der Waals surface area contributed by atoms with E-state index in [1.807, 2.05) is 44.2 Å². The number of hydrogen-bond donors (Lipinski definition) is 3. The number of likely N-dealkylation sites (tertiary alicyclic amines) is 1. The average Bonchev–Trinajstić information content (AvgIpc) is 3.15. The van der Waals surface area contributed by atoms with Gasteiger partial charge in [0.05, 0.1) is 24.5 Å². The number of aromatic hydroxyl groups is 1. The molecule has 198 valence electrons. The van der Waals surface area contributed by atoms with Gasteiger partial charge in [-0.25, -0.2) is 0 Å². The van der Waals surface area contributed by atoms with Crippen LogP contribution in [-0.4, -0.2) is 51.3 Å². The van der Waals surface area contributed by atoms with Gasteiger partial charge in [-0.2, -0.15) is 0 Å². The summed E-state index contributed by atoms with van der Waals surface area (Å²) in [6, 6.07) is 11.4. The first-order valence-electron chi connectivity index (χ1n) is 13.6. The highest BCUT2D eigenvalue weighted by Crippen LogP contribution is 2.47. The van der Waals surface area contributed by atoms with Gasteiger partial charge >= 0.3 is 0 Å². The third kappa shape index (κ3) is 5.10. The number of hydrogen-bond acceptors (Lipinski definition) is 5. The predicted octanol–water partition coefficient (Wildman–Crippen LogP) is 5.21. The molecule has 1 heterocycles. The first-order valence-corrected chi connectivity index (χ1v) is 13.6. The first-order chi connectivity index (χ1) is 17.9. The maximum Gasteiger partial charge on any atom is 0.233 e. The number of nitrogens with zero attached hydrogens (tertiary/aromatic N) is 1. The number of fused-ring (bicyclic) bond motifs is 2. The zero-order valence-electron chi connectivity index (χ0n) is 22.1. The third-order valence-corrected chi connectivity index (χ3v) is 8.19. The number of carbonyl (C=O) groups is 2. The van der Waals surface area contributed by atoms with Gasteiger partial charge in [0.25, 0.3) is 0 Å². The number of amides is 2. The van der Waals surface area contributed by atoms with Crippen LogP contribution in [0.15, 0.2) is 53.1 Å². The summed E-state index contributed by atoms with van der Waals surface area (Å²) in [5.41, 5.74) is 3.95.